The lowest BCUT2D eigenvalue weighted by molar-refractivity contribution is 0.123. The highest BCUT2D eigenvalue weighted by molar-refractivity contribution is 9.11. The van der Waals surface area contributed by atoms with Gasteiger partial charge < -0.3 is 14.7 Å². The van der Waals surface area contributed by atoms with Crippen LogP contribution >= 0.6 is 31.9 Å². The first kappa shape index (κ1) is 21.1. The first-order valence-corrected chi connectivity index (χ1v) is 11.5. The number of rotatable bonds is 6. The van der Waals surface area contributed by atoms with Crippen LogP contribution in [0.1, 0.15) is 6.42 Å². The highest BCUT2D eigenvalue weighted by atomic mass is 79.9. The molecule has 1 aliphatic rings. The van der Waals surface area contributed by atoms with Gasteiger partial charge in [-0.3, -0.25) is 0 Å². The Bertz CT molecular complexity index is 956. The zero-order chi connectivity index (χ0) is 20.3. The normalized spacial score (nSPS) is 19.6. The number of sulfonamides is 1. The van der Waals surface area contributed by atoms with Crippen molar-refractivity contribution in [1.29, 1.82) is 0 Å². The van der Waals surface area contributed by atoms with E-state index in [9.17, 15) is 18.3 Å². The Balaban J connectivity index is 1.71. The van der Waals surface area contributed by atoms with E-state index in [1.165, 1.54) is 11.0 Å². The average molecular weight is 534 g/mol. The first-order chi connectivity index (χ1) is 13.3. The average Bonchev–Trinajstić information content (AvgIpc) is 3.05. The van der Waals surface area contributed by atoms with Crippen LogP contribution in [-0.2, 0) is 10.0 Å². The van der Waals surface area contributed by atoms with Gasteiger partial charge in [0.15, 0.2) is 0 Å². The summed E-state index contributed by atoms with van der Waals surface area (Å²) >= 11 is 6.52. The quantitative estimate of drug-likeness (QED) is 0.590. The molecule has 1 heterocycles. The smallest absolute Gasteiger partial charge is 0.407 e. The number of ether oxygens (including phenoxy) is 1. The second-order valence-electron chi connectivity index (χ2n) is 6.34. The summed E-state index contributed by atoms with van der Waals surface area (Å²) in [5.74, 6) is 0.634. The summed E-state index contributed by atoms with van der Waals surface area (Å²) in [6.45, 7) is 0.206. The van der Waals surface area contributed by atoms with E-state index in [0.29, 0.717) is 21.1 Å². The van der Waals surface area contributed by atoms with Gasteiger partial charge in [0, 0.05) is 21.5 Å². The fraction of sp³-hybridized carbons (Fsp3) is 0.278. The summed E-state index contributed by atoms with van der Waals surface area (Å²) in [4.78, 5) is 12.9. The van der Waals surface area contributed by atoms with Crippen LogP contribution in [0.25, 0.3) is 0 Å². The monoisotopic (exact) mass is 532 g/mol. The lowest BCUT2D eigenvalue weighted by Crippen LogP contribution is -2.40. The molecule has 0 saturated carbocycles. The van der Waals surface area contributed by atoms with Gasteiger partial charge in [0.2, 0.25) is 10.0 Å². The number of halogens is 2. The first-order valence-electron chi connectivity index (χ1n) is 8.41. The SMILES string of the molecule is O=C(O)N1C[C@H](NS(=O)(=O)c2cc(Br)ccc2Br)C[C@@H]1COc1ccccc1. The molecular weight excluding hydrogens is 516 g/mol. The fourth-order valence-electron chi connectivity index (χ4n) is 3.07. The van der Waals surface area contributed by atoms with E-state index in [1.54, 1.807) is 24.3 Å². The lowest BCUT2D eigenvalue weighted by Gasteiger charge is -2.21. The molecule has 2 aromatic rings. The molecule has 2 N–H and O–H groups in total. The van der Waals surface area contributed by atoms with Crippen molar-refractivity contribution in [2.75, 3.05) is 13.2 Å². The molecule has 0 bridgehead atoms. The third kappa shape index (κ3) is 5.05. The third-order valence-electron chi connectivity index (χ3n) is 4.35. The number of nitrogens with one attached hydrogen (secondary N) is 1. The van der Waals surface area contributed by atoms with Gasteiger partial charge in [-0.1, -0.05) is 34.1 Å². The molecule has 0 aromatic heterocycles. The summed E-state index contributed by atoms with van der Waals surface area (Å²) < 4.78 is 34.9. The van der Waals surface area contributed by atoms with Crippen LogP contribution in [0.2, 0.25) is 0 Å². The van der Waals surface area contributed by atoms with Crippen molar-refractivity contribution >= 4 is 48.0 Å². The number of amides is 1. The highest BCUT2D eigenvalue weighted by Crippen LogP contribution is 2.27. The number of likely N-dealkylation sites (tertiary alicyclic amines) is 1. The number of nitrogens with zero attached hydrogens (tertiary/aromatic N) is 1. The molecule has 1 fully saturated rings. The predicted molar refractivity (Wildman–Crippen MR) is 111 cm³/mol. The van der Waals surface area contributed by atoms with E-state index in [1.807, 2.05) is 18.2 Å². The van der Waals surface area contributed by atoms with Gasteiger partial charge in [0.25, 0.3) is 0 Å². The van der Waals surface area contributed by atoms with Crippen molar-refractivity contribution < 1.29 is 23.1 Å². The molecule has 3 rings (SSSR count). The van der Waals surface area contributed by atoms with Gasteiger partial charge in [0.05, 0.1) is 10.9 Å². The maximum Gasteiger partial charge on any atom is 0.407 e. The van der Waals surface area contributed by atoms with Crippen molar-refractivity contribution in [2.24, 2.45) is 0 Å². The van der Waals surface area contributed by atoms with E-state index in [2.05, 4.69) is 36.6 Å². The molecule has 1 aliphatic heterocycles. The minimum absolute atomic E-state index is 0.0585. The molecule has 1 saturated heterocycles. The van der Waals surface area contributed by atoms with E-state index >= 15 is 0 Å². The second kappa shape index (κ2) is 8.81. The van der Waals surface area contributed by atoms with Crippen molar-refractivity contribution in [3.63, 3.8) is 0 Å². The second-order valence-corrected chi connectivity index (χ2v) is 9.79. The topological polar surface area (TPSA) is 95.9 Å². The molecule has 2 atom stereocenters. The zero-order valence-corrected chi connectivity index (χ0v) is 18.6. The summed E-state index contributed by atoms with van der Waals surface area (Å²) in [5.41, 5.74) is 0. The molecule has 28 heavy (non-hydrogen) atoms. The molecule has 0 aliphatic carbocycles. The number of para-hydroxylation sites is 1. The van der Waals surface area contributed by atoms with E-state index < -0.39 is 28.2 Å². The Morgan fingerprint density at radius 1 is 1.21 bits per heavy atom. The van der Waals surface area contributed by atoms with Gasteiger partial charge in [-0.25, -0.2) is 17.9 Å². The van der Waals surface area contributed by atoms with Crippen LogP contribution in [0, 0.1) is 0 Å². The third-order valence-corrected chi connectivity index (χ3v) is 7.36. The Morgan fingerprint density at radius 3 is 2.61 bits per heavy atom. The molecule has 7 nitrogen and oxygen atoms in total. The van der Waals surface area contributed by atoms with Gasteiger partial charge in [-0.2, -0.15) is 0 Å². The van der Waals surface area contributed by atoms with Crippen molar-refractivity contribution in [3.8, 4) is 5.75 Å². The molecule has 150 valence electrons. The molecule has 0 spiro atoms. The number of benzene rings is 2. The van der Waals surface area contributed by atoms with Crippen molar-refractivity contribution in [2.45, 2.75) is 23.4 Å². The summed E-state index contributed by atoms with van der Waals surface area (Å²) in [7, 11) is -3.82. The maximum absolute atomic E-state index is 12.8. The van der Waals surface area contributed by atoms with Crippen molar-refractivity contribution in [3.05, 3.63) is 57.5 Å². The van der Waals surface area contributed by atoms with Crippen LogP contribution in [-0.4, -0.2) is 49.8 Å². The lowest BCUT2D eigenvalue weighted by atomic mass is 10.2. The van der Waals surface area contributed by atoms with Crippen LogP contribution in [0.4, 0.5) is 4.79 Å². The molecule has 1 amide bonds. The van der Waals surface area contributed by atoms with Crippen LogP contribution < -0.4 is 9.46 Å². The summed E-state index contributed by atoms with van der Waals surface area (Å²) in [5, 5.41) is 9.47. The number of hydrogen-bond donors (Lipinski definition) is 2. The molecular formula is C18H18Br2N2O5S. The summed E-state index contributed by atoms with van der Waals surface area (Å²) in [6.07, 6.45) is -0.781. The van der Waals surface area contributed by atoms with Crippen LogP contribution in [0.15, 0.2) is 62.4 Å². The minimum Gasteiger partial charge on any atom is -0.491 e. The molecule has 2 aromatic carbocycles. The number of carboxylic acid groups (broad SMARTS) is 1. The Labute approximate surface area is 180 Å². The fourth-order valence-corrected chi connectivity index (χ4v) is 5.81. The van der Waals surface area contributed by atoms with E-state index in [4.69, 9.17) is 4.74 Å². The van der Waals surface area contributed by atoms with Crippen molar-refractivity contribution in [1.82, 2.24) is 9.62 Å². The molecule has 10 heteroatoms. The Kier molecular flexibility index (Phi) is 6.64. The maximum atomic E-state index is 12.8. The number of hydrogen-bond acceptors (Lipinski definition) is 4. The molecule has 0 radical (unpaired) electrons. The highest BCUT2D eigenvalue weighted by Gasteiger charge is 2.38. The Morgan fingerprint density at radius 2 is 1.93 bits per heavy atom. The standard InChI is InChI=1S/C18H18Br2N2O5S/c19-12-6-7-16(20)17(8-12)28(25,26)21-13-9-14(22(10-13)18(23)24)11-27-15-4-2-1-3-5-15/h1-8,13-14,21H,9-11H2,(H,23,24)/t13-,14-/m1/s1. The van der Waals surface area contributed by atoms with E-state index in [-0.39, 0.29) is 18.0 Å². The van der Waals surface area contributed by atoms with Crippen LogP contribution in [0.3, 0.4) is 0 Å². The minimum atomic E-state index is -3.82. The summed E-state index contributed by atoms with van der Waals surface area (Å²) in [6, 6.07) is 12.9. The predicted octanol–water partition coefficient (Wildman–Crippen LogP) is 3.69. The zero-order valence-electron chi connectivity index (χ0n) is 14.6. The van der Waals surface area contributed by atoms with Gasteiger partial charge in [-0.05, 0) is 52.7 Å². The Hall–Kier alpha value is -1.62. The van der Waals surface area contributed by atoms with E-state index in [0.717, 1.165) is 0 Å². The van der Waals surface area contributed by atoms with Gasteiger partial charge >= 0.3 is 6.09 Å². The van der Waals surface area contributed by atoms with Gasteiger partial charge in [-0.15, -0.1) is 0 Å². The molecule has 0 unspecified atom stereocenters. The van der Waals surface area contributed by atoms with Crippen LogP contribution in [0.5, 0.6) is 5.75 Å². The largest absolute Gasteiger partial charge is 0.491 e. The van der Waals surface area contributed by atoms with Gasteiger partial charge in [0.1, 0.15) is 12.4 Å². The number of carbonyl (C=O) groups is 1.